The molecule has 3 heterocycles. The number of nitrogens with zero attached hydrogens (tertiary/aromatic N) is 5. The molecule has 3 aromatic rings. The van der Waals surface area contributed by atoms with Gasteiger partial charge < -0.3 is 9.80 Å². The molecule has 6 nitrogen and oxygen atoms in total. The van der Waals surface area contributed by atoms with E-state index in [1.54, 1.807) is 11.1 Å². The van der Waals surface area contributed by atoms with Crippen molar-refractivity contribution in [2.24, 2.45) is 0 Å². The van der Waals surface area contributed by atoms with Gasteiger partial charge in [-0.15, -0.1) is 0 Å². The van der Waals surface area contributed by atoms with Gasteiger partial charge in [0.15, 0.2) is 5.82 Å². The first kappa shape index (κ1) is 19.9. The van der Waals surface area contributed by atoms with Crippen molar-refractivity contribution in [1.29, 1.82) is 0 Å². The molecule has 4 rings (SSSR count). The molecule has 0 bridgehead atoms. The van der Waals surface area contributed by atoms with Gasteiger partial charge in [0.25, 0.3) is 5.91 Å². The molecule has 8 heteroatoms. The Bertz CT molecular complexity index is 1080. The number of rotatable bonds is 3. The van der Waals surface area contributed by atoms with Crippen LogP contribution in [0.5, 0.6) is 0 Å². The fourth-order valence-corrected chi connectivity index (χ4v) is 3.49. The maximum atomic E-state index is 14.0. The summed E-state index contributed by atoms with van der Waals surface area (Å²) in [4.78, 5) is 29.9. The highest BCUT2D eigenvalue weighted by molar-refractivity contribution is 5.94. The largest absolute Gasteiger partial charge is 0.353 e. The van der Waals surface area contributed by atoms with Gasteiger partial charge in [-0.1, -0.05) is 6.07 Å². The summed E-state index contributed by atoms with van der Waals surface area (Å²) in [5, 5.41) is 0. The Morgan fingerprint density at radius 3 is 2.43 bits per heavy atom. The summed E-state index contributed by atoms with van der Waals surface area (Å²) >= 11 is 0. The summed E-state index contributed by atoms with van der Waals surface area (Å²) in [6.45, 7) is 5.83. The van der Waals surface area contributed by atoms with E-state index in [4.69, 9.17) is 4.98 Å². The van der Waals surface area contributed by atoms with Crippen LogP contribution in [0.3, 0.4) is 0 Å². The van der Waals surface area contributed by atoms with Crippen LogP contribution in [-0.4, -0.2) is 51.9 Å². The zero-order chi connectivity index (χ0) is 21.3. The van der Waals surface area contributed by atoms with Gasteiger partial charge in [-0.3, -0.25) is 9.78 Å². The van der Waals surface area contributed by atoms with Crippen molar-refractivity contribution >= 4 is 11.7 Å². The van der Waals surface area contributed by atoms with Crippen LogP contribution in [0.2, 0.25) is 0 Å². The van der Waals surface area contributed by atoms with E-state index in [0.717, 1.165) is 29.2 Å². The minimum Gasteiger partial charge on any atom is -0.353 e. The lowest BCUT2D eigenvalue weighted by Gasteiger charge is -2.36. The van der Waals surface area contributed by atoms with Crippen LogP contribution in [0, 0.1) is 25.5 Å². The molecule has 154 valence electrons. The second-order valence-corrected chi connectivity index (χ2v) is 7.20. The first-order valence-electron chi connectivity index (χ1n) is 9.70. The van der Waals surface area contributed by atoms with Crippen molar-refractivity contribution in [3.8, 4) is 11.5 Å². The average molecular weight is 409 g/mol. The molecule has 0 spiro atoms. The van der Waals surface area contributed by atoms with Crippen LogP contribution in [0.1, 0.15) is 21.6 Å². The summed E-state index contributed by atoms with van der Waals surface area (Å²) < 4.78 is 27.1. The zero-order valence-electron chi connectivity index (χ0n) is 16.8. The number of aromatic nitrogens is 3. The number of carbonyl (C=O) groups excluding carboxylic acids is 1. The standard InChI is InChI=1S/C22H21F2N5O/c1-14-15(2)26-20(19-5-3-4-8-25-19)27-21(14)28-9-11-29(12-10-28)22(30)17-7-6-16(23)13-18(17)24/h3-8,13H,9-12H2,1-2H3. The third-order valence-corrected chi connectivity index (χ3v) is 5.29. The van der Waals surface area contributed by atoms with E-state index in [-0.39, 0.29) is 5.56 Å². The molecular formula is C22H21F2N5O. The van der Waals surface area contributed by atoms with Gasteiger partial charge in [0.05, 0.1) is 5.56 Å². The SMILES string of the molecule is Cc1nc(-c2ccccn2)nc(N2CCN(C(=O)c3ccc(F)cc3F)CC2)c1C. The molecule has 0 radical (unpaired) electrons. The number of hydrogen-bond acceptors (Lipinski definition) is 5. The van der Waals surface area contributed by atoms with Crippen molar-refractivity contribution in [2.45, 2.75) is 13.8 Å². The maximum Gasteiger partial charge on any atom is 0.256 e. The molecule has 1 aromatic carbocycles. The summed E-state index contributed by atoms with van der Waals surface area (Å²) in [7, 11) is 0. The van der Waals surface area contributed by atoms with Crippen LogP contribution in [0.25, 0.3) is 11.5 Å². The Balaban J connectivity index is 1.53. The molecule has 2 aromatic heterocycles. The van der Waals surface area contributed by atoms with Crippen molar-refractivity contribution < 1.29 is 13.6 Å². The topological polar surface area (TPSA) is 62.2 Å². The number of carbonyl (C=O) groups is 1. The van der Waals surface area contributed by atoms with E-state index in [1.165, 1.54) is 6.07 Å². The van der Waals surface area contributed by atoms with Crippen molar-refractivity contribution in [2.75, 3.05) is 31.1 Å². The summed E-state index contributed by atoms with van der Waals surface area (Å²) in [5.74, 6) is -0.613. The van der Waals surface area contributed by atoms with Crippen LogP contribution in [0.4, 0.5) is 14.6 Å². The molecule has 1 amide bonds. The van der Waals surface area contributed by atoms with Crippen molar-refractivity contribution in [3.05, 3.63) is 71.1 Å². The van der Waals surface area contributed by atoms with Crippen LogP contribution in [-0.2, 0) is 0 Å². The molecule has 1 aliphatic rings. The number of aryl methyl sites for hydroxylation is 1. The average Bonchev–Trinajstić information content (AvgIpc) is 2.76. The number of piperazine rings is 1. The van der Waals surface area contributed by atoms with Crippen molar-refractivity contribution in [3.63, 3.8) is 0 Å². The van der Waals surface area contributed by atoms with Gasteiger partial charge in [0, 0.05) is 49.7 Å². The molecule has 0 atom stereocenters. The third-order valence-electron chi connectivity index (χ3n) is 5.29. The smallest absolute Gasteiger partial charge is 0.256 e. The number of benzene rings is 1. The zero-order valence-corrected chi connectivity index (χ0v) is 16.8. The Hall–Kier alpha value is -3.42. The van der Waals surface area contributed by atoms with Crippen LogP contribution in [0.15, 0.2) is 42.6 Å². The predicted octanol–water partition coefficient (Wildman–Crippen LogP) is 3.40. The lowest BCUT2D eigenvalue weighted by molar-refractivity contribution is 0.0741. The fourth-order valence-electron chi connectivity index (χ4n) is 3.49. The highest BCUT2D eigenvalue weighted by atomic mass is 19.1. The van der Waals surface area contributed by atoms with E-state index in [2.05, 4.69) is 14.9 Å². The highest BCUT2D eigenvalue weighted by Crippen LogP contribution is 2.25. The molecule has 1 aliphatic heterocycles. The number of hydrogen-bond donors (Lipinski definition) is 0. The van der Waals surface area contributed by atoms with Crippen molar-refractivity contribution in [1.82, 2.24) is 19.9 Å². The first-order valence-corrected chi connectivity index (χ1v) is 9.70. The molecule has 0 unspecified atom stereocenters. The first-order chi connectivity index (χ1) is 14.4. The summed E-state index contributed by atoms with van der Waals surface area (Å²) in [6, 6.07) is 8.61. The number of amides is 1. The molecule has 0 N–H and O–H groups in total. The number of anilines is 1. The second-order valence-electron chi connectivity index (χ2n) is 7.20. The van der Waals surface area contributed by atoms with E-state index in [0.29, 0.717) is 37.7 Å². The van der Waals surface area contributed by atoms with Gasteiger partial charge in [0.1, 0.15) is 23.1 Å². The normalized spacial score (nSPS) is 14.1. The predicted molar refractivity (Wildman–Crippen MR) is 109 cm³/mol. The third kappa shape index (κ3) is 3.85. The molecular weight excluding hydrogens is 388 g/mol. The van der Waals surface area contributed by atoms with Crippen LogP contribution >= 0.6 is 0 Å². The lowest BCUT2D eigenvalue weighted by Crippen LogP contribution is -2.49. The molecule has 1 fully saturated rings. The molecule has 30 heavy (non-hydrogen) atoms. The van der Waals surface area contributed by atoms with E-state index >= 15 is 0 Å². The molecule has 0 saturated carbocycles. The van der Waals surface area contributed by atoms with Gasteiger partial charge in [-0.2, -0.15) is 0 Å². The lowest BCUT2D eigenvalue weighted by atomic mass is 10.1. The second kappa shape index (κ2) is 8.14. The Morgan fingerprint density at radius 1 is 1.00 bits per heavy atom. The van der Waals surface area contributed by atoms with E-state index < -0.39 is 17.5 Å². The molecule has 0 aliphatic carbocycles. The number of halogens is 2. The van der Waals surface area contributed by atoms with Gasteiger partial charge >= 0.3 is 0 Å². The Kier molecular flexibility index (Phi) is 5.39. The van der Waals surface area contributed by atoms with Crippen LogP contribution < -0.4 is 4.90 Å². The minimum atomic E-state index is -0.843. The number of pyridine rings is 1. The monoisotopic (exact) mass is 409 g/mol. The molecule has 1 saturated heterocycles. The maximum absolute atomic E-state index is 14.0. The quantitative estimate of drug-likeness (QED) is 0.664. The summed E-state index contributed by atoms with van der Waals surface area (Å²) in [5.41, 5.74) is 2.42. The Labute approximate surface area is 173 Å². The van der Waals surface area contributed by atoms with Gasteiger partial charge in [0.2, 0.25) is 0 Å². The van der Waals surface area contributed by atoms with Gasteiger partial charge in [-0.05, 0) is 38.1 Å². The summed E-state index contributed by atoms with van der Waals surface area (Å²) in [6.07, 6.45) is 1.70. The minimum absolute atomic E-state index is 0.114. The Morgan fingerprint density at radius 2 is 1.77 bits per heavy atom. The van der Waals surface area contributed by atoms with E-state index in [1.807, 2.05) is 32.0 Å². The van der Waals surface area contributed by atoms with Gasteiger partial charge in [-0.25, -0.2) is 18.7 Å². The fraction of sp³-hybridized carbons (Fsp3) is 0.273. The highest BCUT2D eigenvalue weighted by Gasteiger charge is 2.26. The van der Waals surface area contributed by atoms with E-state index in [9.17, 15) is 13.6 Å².